The maximum absolute atomic E-state index is 10.5. The van der Waals surface area contributed by atoms with Gasteiger partial charge in [0.25, 0.3) is 0 Å². The van der Waals surface area contributed by atoms with Crippen LogP contribution in [0.15, 0.2) is 42.6 Å². The predicted molar refractivity (Wildman–Crippen MR) is 84.6 cm³/mol. The van der Waals surface area contributed by atoms with E-state index in [4.69, 9.17) is 0 Å². The second-order valence-electron chi connectivity index (χ2n) is 5.45. The van der Waals surface area contributed by atoms with E-state index in [9.17, 15) is 5.11 Å². The summed E-state index contributed by atoms with van der Waals surface area (Å²) in [6, 6.07) is 11.8. The molecule has 0 saturated carbocycles. The molecule has 0 spiro atoms. The number of benzene rings is 1. The summed E-state index contributed by atoms with van der Waals surface area (Å²) in [5.74, 6) is 0.998. The van der Waals surface area contributed by atoms with Crippen LogP contribution >= 0.6 is 0 Å². The van der Waals surface area contributed by atoms with Gasteiger partial charge < -0.3 is 15.3 Å². The molecule has 1 atom stereocenters. The molecular formula is C17H21N3O. The molecule has 4 heteroatoms. The van der Waals surface area contributed by atoms with Crippen LogP contribution in [0.4, 0.5) is 5.82 Å². The van der Waals surface area contributed by atoms with Crippen LogP contribution in [0.5, 0.6) is 0 Å². The first-order valence-electron chi connectivity index (χ1n) is 7.41. The summed E-state index contributed by atoms with van der Waals surface area (Å²) in [5, 5.41) is 13.9. The Bertz CT molecular complexity index is 594. The molecule has 1 aromatic carbocycles. The number of aliphatic hydroxyl groups is 1. The number of piperazine rings is 1. The van der Waals surface area contributed by atoms with Crippen molar-refractivity contribution in [3.05, 3.63) is 59.3 Å². The van der Waals surface area contributed by atoms with E-state index in [0.29, 0.717) is 0 Å². The van der Waals surface area contributed by atoms with Crippen LogP contribution < -0.4 is 10.2 Å². The number of nitrogens with one attached hydrogen (secondary N) is 1. The number of hydrogen-bond donors (Lipinski definition) is 2. The monoisotopic (exact) mass is 283 g/mol. The summed E-state index contributed by atoms with van der Waals surface area (Å²) in [7, 11) is 0. The van der Waals surface area contributed by atoms with Gasteiger partial charge in [0.2, 0.25) is 0 Å². The van der Waals surface area contributed by atoms with Crippen LogP contribution in [0.2, 0.25) is 0 Å². The first-order valence-corrected chi connectivity index (χ1v) is 7.41. The molecule has 2 heterocycles. The molecule has 1 aromatic heterocycles. The summed E-state index contributed by atoms with van der Waals surface area (Å²) in [5.41, 5.74) is 2.85. The van der Waals surface area contributed by atoms with Gasteiger partial charge in [0.05, 0.1) is 0 Å². The second kappa shape index (κ2) is 6.24. The molecule has 1 saturated heterocycles. The SMILES string of the molecule is Cc1cc(N2CCNCC2)ncc1[C@@H](O)c1ccccc1. The zero-order chi connectivity index (χ0) is 14.7. The number of hydrogen-bond acceptors (Lipinski definition) is 4. The molecule has 0 amide bonds. The Hall–Kier alpha value is -1.91. The molecule has 0 radical (unpaired) electrons. The molecule has 0 unspecified atom stereocenters. The molecule has 4 nitrogen and oxygen atoms in total. The third kappa shape index (κ3) is 3.06. The molecule has 2 aromatic rings. The number of aromatic nitrogens is 1. The average molecular weight is 283 g/mol. The van der Waals surface area contributed by atoms with Crippen molar-refractivity contribution in [2.75, 3.05) is 31.1 Å². The van der Waals surface area contributed by atoms with Crippen molar-refractivity contribution in [3.8, 4) is 0 Å². The van der Waals surface area contributed by atoms with Gasteiger partial charge in [0.1, 0.15) is 11.9 Å². The van der Waals surface area contributed by atoms with E-state index in [-0.39, 0.29) is 0 Å². The lowest BCUT2D eigenvalue weighted by Gasteiger charge is -2.29. The molecule has 1 aliphatic rings. The third-order valence-corrected chi connectivity index (χ3v) is 3.99. The van der Waals surface area contributed by atoms with E-state index in [0.717, 1.165) is 48.7 Å². The van der Waals surface area contributed by atoms with Crippen LogP contribution in [-0.4, -0.2) is 36.3 Å². The summed E-state index contributed by atoms with van der Waals surface area (Å²) in [6.45, 7) is 5.99. The topological polar surface area (TPSA) is 48.4 Å². The molecule has 3 rings (SSSR count). The Kier molecular flexibility index (Phi) is 4.18. The van der Waals surface area contributed by atoms with Crippen molar-refractivity contribution in [2.24, 2.45) is 0 Å². The lowest BCUT2D eigenvalue weighted by Crippen LogP contribution is -2.43. The maximum Gasteiger partial charge on any atom is 0.128 e. The molecule has 21 heavy (non-hydrogen) atoms. The van der Waals surface area contributed by atoms with Gasteiger partial charge in [0, 0.05) is 37.9 Å². The van der Waals surface area contributed by atoms with Crippen LogP contribution in [0.3, 0.4) is 0 Å². The number of aryl methyl sites for hydroxylation is 1. The van der Waals surface area contributed by atoms with Gasteiger partial charge in [-0.2, -0.15) is 0 Å². The average Bonchev–Trinajstić information content (AvgIpc) is 2.56. The highest BCUT2D eigenvalue weighted by Crippen LogP contribution is 2.26. The fraction of sp³-hybridized carbons (Fsp3) is 0.353. The van der Waals surface area contributed by atoms with Gasteiger partial charge in [-0.05, 0) is 24.1 Å². The van der Waals surface area contributed by atoms with Gasteiger partial charge in [-0.3, -0.25) is 0 Å². The van der Waals surface area contributed by atoms with E-state index in [1.807, 2.05) is 43.5 Å². The Labute approximate surface area is 125 Å². The molecular weight excluding hydrogens is 262 g/mol. The molecule has 1 fully saturated rings. The number of pyridine rings is 1. The Morgan fingerprint density at radius 1 is 1.19 bits per heavy atom. The summed E-state index contributed by atoms with van der Waals surface area (Å²) < 4.78 is 0. The van der Waals surface area contributed by atoms with Crippen LogP contribution in [-0.2, 0) is 0 Å². The van der Waals surface area contributed by atoms with Crippen molar-refractivity contribution in [3.63, 3.8) is 0 Å². The molecule has 2 N–H and O–H groups in total. The smallest absolute Gasteiger partial charge is 0.128 e. The van der Waals surface area contributed by atoms with Crippen LogP contribution in [0.1, 0.15) is 22.8 Å². The summed E-state index contributed by atoms with van der Waals surface area (Å²) in [4.78, 5) is 6.83. The Morgan fingerprint density at radius 2 is 1.90 bits per heavy atom. The van der Waals surface area contributed by atoms with E-state index in [1.165, 1.54) is 0 Å². The largest absolute Gasteiger partial charge is 0.384 e. The van der Waals surface area contributed by atoms with Gasteiger partial charge in [-0.1, -0.05) is 30.3 Å². The fourth-order valence-electron chi connectivity index (χ4n) is 2.72. The minimum Gasteiger partial charge on any atom is -0.384 e. The highest BCUT2D eigenvalue weighted by molar-refractivity contribution is 5.45. The van der Waals surface area contributed by atoms with Crippen LogP contribution in [0, 0.1) is 6.92 Å². The molecule has 0 aliphatic carbocycles. The third-order valence-electron chi connectivity index (χ3n) is 3.99. The van der Waals surface area contributed by atoms with Gasteiger partial charge in [0.15, 0.2) is 0 Å². The van der Waals surface area contributed by atoms with E-state index >= 15 is 0 Å². The fourth-order valence-corrected chi connectivity index (χ4v) is 2.72. The standard InChI is InChI=1S/C17H21N3O/c1-13-11-16(20-9-7-18-8-10-20)19-12-15(13)17(21)14-5-3-2-4-6-14/h2-6,11-12,17-18,21H,7-10H2,1H3/t17-/m0/s1. The van der Waals surface area contributed by atoms with Crippen LogP contribution in [0.25, 0.3) is 0 Å². The van der Waals surface area contributed by atoms with E-state index < -0.39 is 6.10 Å². The predicted octanol–water partition coefficient (Wildman–Crippen LogP) is 1.88. The second-order valence-corrected chi connectivity index (χ2v) is 5.45. The lowest BCUT2D eigenvalue weighted by molar-refractivity contribution is 0.219. The summed E-state index contributed by atoms with van der Waals surface area (Å²) in [6.07, 6.45) is 1.19. The maximum atomic E-state index is 10.5. The van der Waals surface area contributed by atoms with Crippen molar-refractivity contribution in [2.45, 2.75) is 13.0 Å². The zero-order valence-corrected chi connectivity index (χ0v) is 12.3. The van der Waals surface area contributed by atoms with Gasteiger partial charge in [-0.15, -0.1) is 0 Å². The number of nitrogens with zero attached hydrogens (tertiary/aromatic N) is 2. The van der Waals surface area contributed by atoms with Crippen molar-refractivity contribution >= 4 is 5.82 Å². The highest BCUT2D eigenvalue weighted by atomic mass is 16.3. The quantitative estimate of drug-likeness (QED) is 0.903. The van der Waals surface area contributed by atoms with Crippen molar-refractivity contribution in [1.29, 1.82) is 0 Å². The Morgan fingerprint density at radius 3 is 2.57 bits per heavy atom. The molecule has 1 aliphatic heterocycles. The molecule has 0 bridgehead atoms. The minimum atomic E-state index is -0.615. The van der Waals surface area contributed by atoms with Gasteiger partial charge >= 0.3 is 0 Å². The first-order chi connectivity index (χ1) is 10.3. The Balaban J connectivity index is 1.84. The summed E-state index contributed by atoms with van der Waals surface area (Å²) >= 11 is 0. The first kappa shape index (κ1) is 14.0. The highest BCUT2D eigenvalue weighted by Gasteiger charge is 2.16. The van der Waals surface area contributed by atoms with E-state index in [2.05, 4.69) is 21.3 Å². The van der Waals surface area contributed by atoms with E-state index in [1.54, 1.807) is 0 Å². The number of aliphatic hydroxyl groups excluding tert-OH is 1. The number of anilines is 1. The van der Waals surface area contributed by atoms with Gasteiger partial charge in [-0.25, -0.2) is 4.98 Å². The minimum absolute atomic E-state index is 0.615. The lowest BCUT2D eigenvalue weighted by atomic mass is 9.99. The van der Waals surface area contributed by atoms with Crippen molar-refractivity contribution in [1.82, 2.24) is 10.3 Å². The molecule has 110 valence electrons. The van der Waals surface area contributed by atoms with Crippen molar-refractivity contribution < 1.29 is 5.11 Å². The zero-order valence-electron chi connectivity index (χ0n) is 12.3. The number of rotatable bonds is 3. The normalized spacial score (nSPS) is 16.8.